The average molecular weight is 630 g/mol. The summed E-state index contributed by atoms with van der Waals surface area (Å²) >= 11 is 0. The number of hydrogen-bond acceptors (Lipinski definition) is 6. The van der Waals surface area contributed by atoms with Gasteiger partial charge in [-0.1, -0.05) is 0 Å². The number of pyridine rings is 2. The minimum Gasteiger partial charge on any atom is -0.239 e. The van der Waals surface area contributed by atoms with Crippen LogP contribution in [0.3, 0.4) is 0 Å². The highest BCUT2D eigenvalue weighted by Gasteiger charge is 2.40. The molecule has 0 N–H and O–H groups in total. The molecule has 3 rings (SSSR count). The molecule has 3 aromatic rings. The van der Waals surface area contributed by atoms with Crippen molar-refractivity contribution < 1.29 is 52.7 Å². The molecule has 0 amide bonds. The summed E-state index contributed by atoms with van der Waals surface area (Å²) in [6.45, 7) is 0. The largest absolute Gasteiger partial charge is 0.433 e. The summed E-state index contributed by atoms with van der Waals surface area (Å²) in [6, 6.07) is 6.82. The Bertz CT molecular complexity index is 1750. The maximum Gasteiger partial charge on any atom is 0.433 e. The molecule has 0 radical (unpaired) electrons. The Morgan fingerprint density at radius 1 is 0.455 bits per heavy atom. The van der Waals surface area contributed by atoms with E-state index in [0.29, 0.717) is 12.1 Å². The molecule has 0 spiro atoms. The van der Waals surface area contributed by atoms with Crippen LogP contribution in [0.1, 0.15) is 45.0 Å². The fraction of sp³-hybridized carbons (Fsp3) is 0.154. The smallest absolute Gasteiger partial charge is 0.239 e. The maximum absolute atomic E-state index is 13.3. The average Bonchev–Trinajstić information content (AvgIpc) is 2.92. The molecular weight excluding hydrogens is 624 g/mol. The fourth-order valence-corrected chi connectivity index (χ4v) is 3.69. The van der Waals surface area contributed by atoms with E-state index in [1.165, 1.54) is 24.3 Å². The lowest BCUT2D eigenvalue weighted by molar-refractivity contribution is -0.151. The standard InChI is InChI=1S/C26H6F12N6/c27-23(28,29)19-3-11(4-20(43-19)24(30,31)32)17(9-41)15-1-13(7-39)16(2-14(15)8-40)18(10-42)12-5-21(25(33,34)35)44-22(6-12)26(36,37)38/h1-6H/b17-15-,18-16-. The van der Waals surface area contributed by atoms with Crippen molar-refractivity contribution in [3.63, 3.8) is 0 Å². The van der Waals surface area contributed by atoms with E-state index >= 15 is 0 Å². The van der Waals surface area contributed by atoms with Crippen molar-refractivity contribution in [3.05, 3.63) is 91.9 Å². The number of hydrogen-bond donors (Lipinski definition) is 0. The predicted molar refractivity (Wildman–Crippen MR) is 120 cm³/mol. The molecule has 6 nitrogen and oxygen atoms in total. The molecule has 18 heteroatoms. The Hall–Kier alpha value is -5.62. The van der Waals surface area contributed by atoms with Gasteiger partial charge in [0.2, 0.25) is 0 Å². The van der Waals surface area contributed by atoms with Crippen LogP contribution in [0.4, 0.5) is 52.7 Å². The summed E-state index contributed by atoms with van der Waals surface area (Å²) in [4.78, 5) is 5.00. The van der Waals surface area contributed by atoms with Crippen molar-refractivity contribution in [2.75, 3.05) is 0 Å². The van der Waals surface area contributed by atoms with Crippen LogP contribution in [0.5, 0.6) is 0 Å². The first-order valence-electron chi connectivity index (χ1n) is 11.0. The maximum atomic E-state index is 13.3. The summed E-state index contributed by atoms with van der Waals surface area (Å²) in [5.41, 5.74) is -14.1. The highest BCUT2D eigenvalue weighted by molar-refractivity contribution is 5.81. The Balaban J connectivity index is 2.55. The summed E-state index contributed by atoms with van der Waals surface area (Å²) in [5.74, 6) is 0. The Morgan fingerprint density at radius 2 is 0.705 bits per heavy atom. The van der Waals surface area contributed by atoms with E-state index in [4.69, 9.17) is 0 Å². The van der Waals surface area contributed by atoms with Gasteiger partial charge in [0.25, 0.3) is 0 Å². The van der Waals surface area contributed by atoms with Crippen LogP contribution in [0.2, 0.25) is 0 Å². The molecule has 0 saturated carbocycles. The molecule has 1 aromatic carbocycles. The van der Waals surface area contributed by atoms with E-state index in [1.54, 1.807) is 0 Å². The third kappa shape index (κ3) is 6.71. The topological polar surface area (TPSA) is 121 Å². The van der Waals surface area contributed by atoms with Gasteiger partial charge in [-0.2, -0.15) is 73.7 Å². The monoisotopic (exact) mass is 630 g/mol. The Labute approximate surface area is 236 Å². The van der Waals surface area contributed by atoms with E-state index in [2.05, 4.69) is 9.97 Å². The van der Waals surface area contributed by atoms with E-state index in [1.807, 2.05) is 0 Å². The molecule has 0 aliphatic rings. The molecule has 44 heavy (non-hydrogen) atoms. The van der Waals surface area contributed by atoms with Crippen molar-refractivity contribution in [1.29, 1.82) is 21.0 Å². The van der Waals surface area contributed by atoms with Gasteiger partial charge in [-0.25, -0.2) is 9.97 Å². The molecule has 2 heterocycles. The third-order valence-electron chi connectivity index (χ3n) is 5.55. The number of halogens is 12. The fourth-order valence-electron chi connectivity index (χ4n) is 3.69. The molecule has 0 aliphatic heterocycles. The first-order valence-corrected chi connectivity index (χ1v) is 11.0. The number of nitriles is 4. The number of alkyl halides is 12. The number of aromatic nitrogens is 2. The van der Waals surface area contributed by atoms with Crippen molar-refractivity contribution >= 4 is 11.1 Å². The highest BCUT2D eigenvalue weighted by Crippen LogP contribution is 2.36. The van der Waals surface area contributed by atoms with E-state index in [0.717, 1.165) is 0 Å². The SMILES string of the molecule is N#C/C(c1cc(C(F)(F)F)nc(C(F)(F)F)c1)=c1\cc(C#N)/c(=C(/C#N)c2cc(C(F)(F)F)nc(C(F)(F)F)c2)cc1C#N. The molecule has 0 unspecified atom stereocenters. The lowest BCUT2D eigenvalue weighted by atomic mass is 9.94. The molecule has 0 aliphatic carbocycles. The van der Waals surface area contributed by atoms with Crippen molar-refractivity contribution in [2.24, 2.45) is 0 Å². The van der Waals surface area contributed by atoms with E-state index in [9.17, 15) is 73.7 Å². The lowest BCUT2D eigenvalue weighted by Crippen LogP contribution is -2.23. The van der Waals surface area contributed by atoms with Crippen molar-refractivity contribution in [1.82, 2.24) is 9.97 Å². The highest BCUT2D eigenvalue weighted by atomic mass is 19.4. The van der Waals surface area contributed by atoms with Crippen LogP contribution in [0.15, 0.2) is 36.4 Å². The summed E-state index contributed by atoms with van der Waals surface area (Å²) in [5, 5.41) is 37.2. The molecule has 0 bridgehead atoms. The van der Waals surface area contributed by atoms with Gasteiger partial charge in [-0.15, -0.1) is 0 Å². The van der Waals surface area contributed by atoms with Crippen LogP contribution >= 0.6 is 0 Å². The third-order valence-corrected chi connectivity index (χ3v) is 5.55. The van der Waals surface area contributed by atoms with Crippen LogP contribution in [0, 0.1) is 45.3 Å². The molecule has 224 valence electrons. The van der Waals surface area contributed by atoms with Gasteiger partial charge in [0.05, 0.1) is 34.4 Å². The Kier molecular flexibility index (Phi) is 8.39. The van der Waals surface area contributed by atoms with Gasteiger partial charge in [0.1, 0.15) is 34.9 Å². The summed E-state index contributed by atoms with van der Waals surface area (Å²) in [6.07, 6.45) is -21.8. The second-order valence-electron chi connectivity index (χ2n) is 8.38. The zero-order chi connectivity index (χ0) is 33.4. The van der Waals surface area contributed by atoms with Crippen LogP contribution in [-0.2, 0) is 24.7 Å². The van der Waals surface area contributed by atoms with E-state index in [-0.39, 0.29) is 24.3 Å². The van der Waals surface area contributed by atoms with Gasteiger partial charge < -0.3 is 0 Å². The first-order chi connectivity index (χ1) is 20.1. The minimum absolute atomic E-state index is 0.0516. The quantitative estimate of drug-likeness (QED) is 0.333. The van der Waals surface area contributed by atoms with Crippen molar-refractivity contribution in [3.8, 4) is 24.3 Å². The predicted octanol–water partition coefficient (Wildman–Crippen LogP) is 5.74. The van der Waals surface area contributed by atoms with Gasteiger partial charge in [0.15, 0.2) is 0 Å². The van der Waals surface area contributed by atoms with Gasteiger partial charge >= 0.3 is 24.7 Å². The van der Waals surface area contributed by atoms with Crippen LogP contribution in [-0.4, -0.2) is 9.97 Å². The number of benzene rings is 1. The van der Waals surface area contributed by atoms with Crippen LogP contribution in [0.25, 0.3) is 11.1 Å². The molecule has 0 saturated heterocycles. The minimum atomic E-state index is -5.44. The summed E-state index contributed by atoms with van der Waals surface area (Å²) in [7, 11) is 0. The Morgan fingerprint density at radius 3 is 0.886 bits per heavy atom. The second-order valence-corrected chi connectivity index (χ2v) is 8.38. The van der Waals surface area contributed by atoms with Gasteiger partial charge in [-0.05, 0) is 47.5 Å². The second kappa shape index (κ2) is 11.2. The molecule has 0 fully saturated rings. The number of nitrogens with zero attached hydrogens (tertiary/aromatic N) is 6. The van der Waals surface area contributed by atoms with Gasteiger partial charge in [-0.3, -0.25) is 0 Å². The normalized spacial score (nSPS) is 13.6. The van der Waals surface area contributed by atoms with E-state index < -0.39 is 91.3 Å². The molecular formula is C26H6F12N6. The van der Waals surface area contributed by atoms with Crippen molar-refractivity contribution in [2.45, 2.75) is 24.7 Å². The van der Waals surface area contributed by atoms with Crippen LogP contribution < -0.4 is 10.4 Å². The lowest BCUT2D eigenvalue weighted by Gasteiger charge is -2.13. The number of rotatable bonds is 2. The molecule has 0 atom stereocenters. The summed E-state index contributed by atoms with van der Waals surface area (Å²) < 4.78 is 160. The molecule has 2 aromatic heterocycles. The first kappa shape index (κ1) is 32.9. The zero-order valence-corrected chi connectivity index (χ0v) is 20.7. The zero-order valence-electron chi connectivity index (χ0n) is 20.7. The van der Waals surface area contributed by atoms with Gasteiger partial charge in [0, 0.05) is 10.4 Å².